The molecule has 0 saturated heterocycles. The monoisotopic (exact) mass is 453 g/mol. The number of nitrogens with one attached hydrogen (secondary N) is 1. The number of H-pyrrole nitrogens is 1. The maximum atomic E-state index is 13.6. The van der Waals surface area contributed by atoms with Gasteiger partial charge in [-0.25, -0.2) is 22.8 Å². The molecule has 0 radical (unpaired) electrons. The van der Waals surface area contributed by atoms with Crippen molar-refractivity contribution < 1.29 is 22.6 Å². The molecule has 1 aliphatic rings. The minimum Gasteiger partial charge on any atom is -0.486 e. The molecule has 2 aromatic carbocycles. The Morgan fingerprint density at radius 3 is 2.91 bits per heavy atom. The summed E-state index contributed by atoms with van der Waals surface area (Å²) in [6.45, 7) is 1.91. The average molecular weight is 453 g/mol. The number of benzene rings is 2. The molecule has 33 heavy (non-hydrogen) atoms. The first-order chi connectivity index (χ1) is 15.9. The number of aryl methyl sites for hydroxylation is 1. The lowest BCUT2D eigenvalue weighted by molar-refractivity contribution is 0.0386. The summed E-state index contributed by atoms with van der Waals surface area (Å²) in [6, 6.07) is 11.3. The number of nitrogens with zero attached hydrogens (tertiary/aromatic N) is 4. The highest BCUT2D eigenvalue weighted by Gasteiger charge is 2.29. The zero-order valence-electron chi connectivity index (χ0n) is 17.5. The van der Waals surface area contributed by atoms with E-state index in [1.54, 1.807) is 22.9 Å². The van der Waals surface area contributed by atoms with Crippen LogP contribution in [-0.2, 0) is 11.3 Å². The Hall–Kier alpha value is -3.84. The Bertz CT molecular complexity index is 1390. The lowest BCUT2D eigenvalue weighted by atomic mass is 10.0. The highest BCUT2D eigenvalue weighted by molar-refractivity contribution is 5.92. The first-order valence-corrected chi connectivity index (χ1v) is 10.2. The Morgan fingerprint density at radius 1 is 1.30 bits per heavy atom. The molecule has 10 heteroatoms. The van der Waals surface area contributed by atoms with Crippen molar-refractivity contribution in [1.82, 2.24) is 19.7 Å². The molecular formula is C23H18F3N5O2. The van der Waals surface area contributed by atoms with Crippen molar-refractivity contribution in [3.8, 4) is 23.3 Å². The minimum absolute atomic E-state index is 0.0879. The van der Waals surface area contributed by atoms with Crippen molar-refractivity contribution in [3.63, 3.8) is 0 Å². The third-order valence-corrected chi connectivity index (χ3v) is 5.51. The van der Waals surface area contributed by atoms with Crippen molar-refractivity contribution in [1.29, 1.82) is 5.26 Å². The van der Waals surface area contributed by atoms with Gasteiger partial charge in [-0.05, 0) is 48.4 Å². The zero-order valence-corrected chi connectivity index (χ0v) is 17.5. The summed E-state index contributed by atoms with van der Waals surface area (Å²) in [5.41, 5.74) is 2.84. The van der Waals surface area contributed by atoms with Gasteiger partial charge in [0, 0.05) is 10.9 Å². The highest BCUT2D eigenvalue weighted by atomic mass is 19.3. The third-order valence-electron chi connectivity index (χ3n) is 5.51. The van der Waals surface area contributed by atoms with Crippen LogP contribution in [0.5, 0.6) is 5.75 Å². The van der Waals surface area contributed by atoms with Gasteiger partial charge in [-0.15, -0.1) is 5.10 Å². The third kappa shape index (κ3) is 3.81. The molecule has 0 aliphatic carbocycles. The molecule has 0 saturated carbocycles. The molecule has 3 heterocycles. The Balaban J connectivity index is 1.56. The van der Waals surface area contributed by atoms with Gasteiger partial charge in [-0.1, -0.05) is 6.07 Å². The molecule has 4 aromatic rings. The largest absolute Gasteiger partial charge is 0.486 e. The first kappa shape index (κ1) is 21.0. The van der Waals surface area contributed by atoms with Crippen LogP contribution >= 0.6 is 0 Å². The van der Waals surface area contributed by atoms with E-state index < -0.39 is 19.1 Å². The summed E-state index contributed by atoms with van der Waals surface area (Å²) in [5, 5.41) is 14.4. The van der Waals surface area contributed by atoms with Crippen LogP contribution in [0.4, 0.5) is 13.2 Å². The van der Waals surface area contributed by atoms with Crippen LogP contribution in [0, 0.1) is 24.1 Å². The minimum atomic E-state index is -2.67. The van der Waals surface area contributed by atoms with E-state index in [2.05, 4.69) is 15.1 Å². The molecule has 2 aromatic heterocycles. The van der Waals surface area contributed by atoms with Gasteiger partial charge in [0.05, 0.1) is 24.4 Å². The van der Waals surface area contributed by atoms with Gasteiger partial charge in [0.1, 0.15) is 30.3 Å². The van der Waals surface area contributed by atoms with Crippen LogP contribution < -0.4 is 4.74 Å². The topological polar surface area (TPSA) is 88.8 Å². The predicted octanol–water partition coefficient (Wildman–Crippen LogP) is 4.51. The second kappa shape index (κ2) is 8.26. The molecular weight excluding hydrogens is 435 g/mol. The van der Waals surface area contributed by atoms with Gasteiger partial charge >= 0.3 is 0 Å². The van der Waals surface area contributed by atoms with Crippen molar-refractivity contribution in [2.45, 2.75) is 26.0 Å². The van der Waals surface area contributed by atoms with E-state index in [9.17, 15) is 18.4 Å². The lowest BCUT2D eigenvalue weighted by Crippen LogP contribution is -2.24. The molecule has 0 fully saturated rings. The van der Waals surface area contributed by atoms with Gasteiger partial charge in [0.25, 0.3) is 6.43 Å². The van der Waals surface area contributed by atoms with Gasteiger partial charge < -0.3 is 14.5 Å². The number of rotatable bonds is 5. The van der Waals surface area contributed by atoms with Crippen LogP contribution in [0.15, 0.2) is 36.4 Å². The van der Waals surface area contributed by atoms with Gasteiger partial charge in [-0.2, -0.15) is 5.26 Å². The molecule has 1 N–H and O–H groups in total. The normalized spacial score (nSPS) is 15.6. The fourth-order valence-corrected chi connectivity index (χ4v) is 4.01. The van der Waals surface area contributed by atoms with Gasteiger partial charge in [-0.3, -0.25) is 0 Å². The summed E-state index contributed by atoms with van der Waals surface area (Å²) in [4.78, 5) is 7.83. The molecule has 1 atom stereocenters. The fraction of sp³-hybridized carbons (Fsp3) is 0.261. The SMILES string of the molecule is Cc1cc(F)ccc1C1OCCn2nc(-c3cc4c(OCC(F)F)c(C#N)ccc4[nH]3)nc21. The summed E-state index contributed by atoms with van der Waals surface area (Å²) < 4.78 is 51.9. The molecule has 1 aliphatic heterocycles. The van der Waals surface area contributed by atoms with Crippen LogP contribution in [0.2, 0.25) is 0 Å². The van der Waals surface area contributed by atoms with Crippen molar-refractivity contribution >= 4 is 10.9 Å². The molecule has 0 amide bonds. The maximum Gasteiger partial charge on any atom is 0.272 e. The van der Waals surface area contributed by atoms with Gasteiger partial charge in [0.15, 0.2) is 11.6 Å². The quantitative estimate of drug-likeness (QED) is 0.480. The molecule has 0 bridgehead atoms. The lowest BCUT2D eigenvalue weighted by Gasteiger charge is -2.24. The molecule has 5 rings (SSSR count). The molecule has 1 unspecified atom stereocenters. The van der Waals surface area contributed by atoms with E-state index in [0.717, 1.165) is 11.1 Å². The summed E-state index contributed by atoms with van der Waals surface area (Å²) in [5.74, 6) is 0.727. The second-order valence-electron chi connectivity index (χ2n) is 7.67. The van der Waals surface area contributed by atoms with Crippen molar-refractivity contribution in [2.24, 2.45) is 0 Å². The number of fused-ring (bicyclic) bond motifs is 2. The summed E-state index contributed by atoms with van der Waals surface area (Å²) >= 11 is 0. The van der Waals surface area contributed by atoms with Crippen LogP contribution in [0.1, 0.15) is 28.6 Å². The van der Waals surface area contributed by atoms with Crippen molar-refractivity contribution in [2.75, 3.05) is 13.2 Å². The number of aromatic nitrogens is 4. The van der Waals surface area contributed by atoms with E-state index >= 15 is 0 Å². The van der Waals surface area contributed by atoms with E-state index in [4.69, 9.17) is 9.47 Å². The second-order valence-corrected chi connectivity index (χ2v) is 7.67. The Labute approximate surface area is 186 Å². The Kier molecular flexibility index (Phi) is 5.26. The number of alkyl halides is 2. The van der Waals surface area contributed by atoms with Crippen molar-refractivity contribution in [3.05, 3.63) is 64.7 Å². The average Bonchev–Trinajstić information content (AvgIpc) is 3.41. The van der Waals surface area contributed by atoms with E-state index in [1.165, 1.54) is 18.2 Å². The molecule has 168 valence electrons. The first-order valence-electron chi connectivity index (χ1n) is 10.2. The Morgan fingerprint density at radius 2 is 2.15 bits per heavy atom. The highest BCUT2D eigenvalue weighted by Crippen LogP contribution is 2.35. The summed E-state index contributed by atoms with van der Waals surface area (Å²) in [7, 11) is 0. The van der Waals surface area contributed by atoms with E-state index in [-0.39, 0.29) is 17.1 Å². The van der Waals surface area contributed by atoms with Crippen LogP contribution in [0.3, 0.4) is 0 Å². The van der Waals surface area contributed by atoms with E-state index in [1.807, 2.05) is 13.0 Å². The van der Waals surface area contributed by atoms with E-state index in [0.29, 0.717) is 41.4 Å². The molecule has 0 spiro atoms. The van der Waals surface area contributed by atoms with Gasteiger partial charge in [0.2, 0.25) is 0 Å². The van der Waals surface area contributed by atoms with Crippen LogP contribution in [0.25, 0.3) is 22.4 Å². The maximum absolute atomic E-state index is 13.6. The van der Waals surface area contributed by atoms with Crippen LogP contribution in [-0.4, -0.2) is 39.4 Å². The number of aromatic amines is 1. The number of halogens is 3. The fourth-order valence-electron chi connectivity index (χ4n) is 4.01. The smallest absolute Gasteiger partial charge is 0.272 e. The molecule has 7 nitrogen and oxygen atoms in total. The number of ether oxygens (including phenoxy) is 2. The number of hydrogen-bond donors (Lipinski definition) is 1. The number of hydrogen-bond acceptors (Lipinski definition) is 5. The predicted molar refractivity (Wildman–Crippen MR) is 112 cm³/mol. The summed E-state index contributed by atoms with van der Waals surface area (Å²) in [6.07, 6.45) is -3.17. The standard InChI is InChI=1S/C23H18F3N5O2/c1-12-8-14(24)3-4-15(12)21-23-29-22(30-31(23)6-7-32-21)18-9-16-17(28-18)5-2-13(10-27)20(16)33-11-19(25)26/h2-5,8-9,19,21,28H,6-7,11H2,1H3. The zero-order chi connectivity index (χ0) is 23.1. The number of nitriles is 1.